The molecule has 1 unspecified atom stereocenters. The van der Waals surface area contributed by atoms with Crippen LogP contribution in [0.2, 0.25) is 0 Å². The quantitative estimate of drug-likeness (QED) is 0.810. The van der Waals surface area contributed by atoms with Crippen molar-refractivity contribution in [2.75, 3.05) is 39.1 Å². The number of pyridine rings is 1. The molecule has 0 aliphatic carbocycles. The Kier molecular flexibility index (Phi) is 4.71. The lowest BCUT2D eigenvalue weighted by Gasteiger charge is -2.23. The van der Waals surface area contributed by atoms with E-state index in [0.717, 1.165) is 24.5 Å². The van der Waals surface area contributed by atoms with Crippen molar-refractivity contribution < 1.29 is 0 Å². The molecule has 2 N–H and O–H groups in total. The summed E-state index contributed by atoms with van der Waals surface area (Å²) < 4.78 is 0. The standard InChI is InChI=1S/C12H22N4/c1-10(13)11-6-5-7-14-12(11)16(4)9-8-15(2)3/h5-7,10H,8-9,13H2,1-4H3. The van der Waals surface area contributed by atoms with Crippen LogP contribution >= 0.6 is 0 Å². The minimum atomic E-state index is 0.0190. The third-order valence-electron chi connectivity index (χ3n) is 2.55. The van der Waals surface area contributed by atoms with Gasteiger partial charge in [0.15, 0.2) is 0 Å². The number of hydrogen-bond donors (Lipinski definition) is 1. The molecule has 0 aliphatic heterocycles. The number of nitrogens with zero attached hydrogens (tertiary/aromatic N) is 3. The second-order valence-electron chi connectivity index (χ2n) is 4.43. The zero-order chi connectivity index (χ0) is 12.1. The van der Waals surface area contributed by atoms with Crippen molar-refractivity contribution >= 4 is 5.82 Å². The lowest BCUT2D eigenvalue weighted by atomic mass is 10.1. The number of likely N-dealkylation sites (N-methyl/N-ethyl adjacent to an activating group) is 2. The highest BCUT2D eigenvalue weighted by Crippen LogP contribution is 2.20. The molecule has 0 fully saturated rings. The zero-order valence-electron chi connectivity index (χ0n) is 10.6. The van der Waals surface area contributed by atoms with Gasteiger partial charge < -0.3 is 15.5 Å². The van der Waals surface area contributed by atoms with Crippen molar-refractivity contribution in [3.8, 4) is 0 Å². The molecule has 4 nitrogen and oxygen atoms in total. The van der Waals surface area contributed by atoms with Crippen LogP contribution in [0.5, 0.6) is 0 Å². The molecule has 0 spiro atoms. The first-order chi connectivity index (χ1) is 7.52. The average molecular weight is 222 g/mol. The first-order valence-electron chi connectivity index (χ1n) is 5.58. The Morgan fingerprint density at radius 1 is 1.31 bits per heavy atom. The number of nitrogens with two attached hydrogens (primary N) is 1. The van der Waals surface area contributed by atoms with E-state index in [1.165, 1.54) is 0 Å². The fraction of sp³-hybridized carbons (Fsp3) is 0.583. The molecule has 4 heteroatoms. The molecule has 0 saturated heterocycles. The van der Waals surface area contributed by atoms with Gasteiger partial charge in [-0.1, -0.05) is 6.07 Å². The van der Waals surface area contributed by atoms with Crippen molar-refractivity contribution in [3.05, 3.63) is 23.9 Å². The smallest absolute Gasteiger partial charge is 0.133 e. The number of hydrogen-bond acceptors (Lipinski definition) is 4. The van der Waals surface area contributed by atoms with Gasteiger partial charge in [-0.2, -0.15) is 0 Å². The van der Waals surface area contributed by atoms with E-state index >= 15 is 0 Å². The monoisotopic (exact) mass is 222 g/mol. The number of aromatic nitrogens is 1. The van der Waals surface area contributed by atoms with Crippen molar-refractivity contribution in [2.45, 2.75) is 13.0 Å². The fourth-order valence-electron chi connectivity index (χ4n) is 1.54. The number of rotatable bonds is 5. The Hall–Kier alpha value is -1.13. The van der Waals surface area contributed by atoms with Crippen molar-refractivity contribution in [1.82, 2.24) is 9.88 Å². The van der Waals surface area contributed by atoms with E-state index in [4.69, 9.17) is 5.73 Å². The van der Waals surface area contributed by atoms with Gasteiger partial charge in [0.1, 0.15) is 5.82 Å². The van der Waals surface area contributed by atoms with Crippen LogP contribution in [0.1, 0.15) is 18.5 Å². The summed E-state index contributed by atoms with van der Waals surface area (Å²) in [6.07, 6.45) is 1.81. The Balaban J connectivity index is 2.77. The molecule has 1 aromatic heterocycles. The summed E-state index contributed by atoms with van der Waals surface area (Å²) >= 11 is 0. The van der Waals surface area contributed by atoms with Crippen molar-refractivity contribution in [1.29, 1.82) is 0 Å². The molecule has 0 aromatic carbocycles. The SMILES string of the molecule is CC(N)c1cccnc1N(C)CCN(C)C. The summed E-state index contributed by atoms with van der Waals surface area (Å²) in [5.41, 5.74) is 7.03. The van der Waals surface area contributed by atoms with E-state index in [1.54, 1.807) is 0 Å². The maximum Gasteiger partial charge on any atom is 0.133 e. The topological polar surface area (TPSA) is 45.4 Å². The first kappa shape index (κ1) is 12.9. The van der Waals surface area contributed by atoms with Crippen LogP contribution in [0.4, 0.5) is 5.82 Å². The summed E-state index contributed by atoms with van der Waals surface area (Å²) in [7, 11) is 6.19. The van der Waals surface area contributed by atoms with E-state index in [-0.39, 0.29) is 6.04 Å². The molecule has 0 saturated carbocycles. The summed E-state index contributed by atoms with van der Waals surface area (Å²) in [6.45, 7) is 3.94. The summed E-state index contributed by atoms with van der Waals surface area (Å²) in [5.74, 6) is 0.986. The maximum atomic E-state index is 5.93. The molecular formula is C12H22N4. The van der Waals surface area contributed by atoms with E-state index in [9.17, 15) is 0 Å². The third-order valence-corrected chi connectivity index (χ3v) is 2.55. The van der Waals surface area contributed by atoms with Crippen LogP contribution in [0.15, 0.2) is 18.3 Å². The van der Waals surface area contributed by atoms with Gasteiger partial charge in [0.2, 0.25) is 0 Å². The van der Waals surface area contributed by atoms with Crippen LogP contribution in [0.25, 0.3) is 0 Å². The Labute approximate surface area is 98.1 Å². The molecule has 1 rings (SSSR count). The van der Waals surface area contributed by atoms with Crippen LogP contribution < -0.4 is 10.6 Å². The molecule has 0 amide bonds. The predicted molar refractivity (Wildman–Crippen MR) is 68.7 cm³/mol. The van der Waals surface area contributed by atoms with E-state index < -0.39 is 0 Å². The molecule has 0 aliphatic rings. The first-order valence-corrected chi connectivity index (χ1v) is 5.58. The molecular weight excluding hydrogens is 200 g/mol. The normalized spacial score (nSPS) is 12.9. The lowest BCUT2D eigenvalue weighted by Crippen LogP contribution is -2.30. The average Bonchev–Trinajstić information content (AvgIpc) is 2.25. The lowest BCUT2D eigenvalue weighted by molar-refractivity contribution is 0.416. The van der Waals surface area contributed by atoms with Gasteiger partial charge >= 0.3 is 0 Å². The summed E-state index contributed by atoms with van der Waals surface area (Å²) in [4.78, 5) is 8.71. The van der Waals surface area contributed by atoms with Crippen LogP contribution in [0, 0.1) is 0 Å². The van der Waals surface area contributed by atoms with Crippen molar-refractivity contribution in [3.63, 3.8) is 0 Å². The largest absolute Gasteiger partial charge is 0.358 e. The Bertz CT molecular complexity index is 323. The minimum absolute atomic E-state index is 0.0190. The van der Waals surface area contributed by atoms with Gasteiger partial charge in [0.05, 0.1) is 0 Å². The zero-order valence-corrected chi connectivity index (χ0v) is 10.6. The highest BCUT2D eigenvalue weighted by Gasteiger charge is 2.11. The summed E-state index contributed by atoms with van der Waals surface area (Å²) in [5, 5.41) is 0. The highest BCUT2D eigenvalue weighted by molar-refractivity contribution is 5.47. The van der Waals surface area contributed by atoms with E-state index in [0.29, 0.717) is 0 Å². The predicted octanol–water partition coefficient (Wildman–Crippen LogP) is 1.10. The summed E-state index contributed by atoms with van der Waals surface area (Å²) in [6, 6.07) is 3.99. The minimum Gasteiger partial charge on any atom is -0.358 e. The molecule has 1 aromatic rings. The highest BCUT2D eigenvalue weighted by atomic mass is 15.2. The van der Waals surface area contributed by atoms with Gasteiger partial charge in [0, 0.05) is 37.9 Å². The van der Waals surface area contributed by atoms with Gasteiger partial charge in [-0.05, 0) is 27.1 Å². The second-order valence-corrected chi connectivity index (χ2v) is 4.43. The maximum absolute atomic E-state index is 5.93. The molecule has 1 heterocycles. The van der Waals surface area contributed by atoms with Gasteiger partial charge in [-0.25, -0.2) is 4.98 Å². The molecule has 16 heavy (non-hydrogen) atoms. The molecule has 0 radical (unpaired) electrons. The Morgan fingerprint density at radius 3 is 2.56 bits per heavy atom. The van der Waals surface area contributed by atoms with Gasteiger partial charge in [-0.3, -0.25) is 0 Å². The Morgan fingerprint density at radius 2 is 2.00 bits per heavy atom. The fourth-order valence-corrected chi connectivity index (χ4v) is 1.54. The molecule has 0 bridgehead atoms. The van der Waals surface area contributed by atoms with Crippen LogP contribution in [0.3, 0.4) is 0 Å². The van der Waals surface area contributed by atoms with Gasteiger partial charge in [-0.15, -0.1) is 0 Å². The van der Waals surface area contributed by atoms with Crippen LogP contribution in [-0.2, 0) is 0 Å². The van der Waals surface area contributed by atoms with E-state index in [2.05, 4.69) is 35.9 Å². The van der Waals surface area contributed by atoms with Crippen LogP contribution in [-0.4, -0.2) is 44.1 Å². The third kappa shape index (κ3) is 3.47. The second kappa shape index (κ2) is 5.82. The molecule has 1 atom stereocenters. The van der Waals surface area contributed by atoms with Crippen molar-refractivity contribution in [2.24, 2.45) is 5.73 Å². The van der Waals surface area contributed by atoms with E-state index in [1.807, 2.05) is 25.3 Å². The molecule has 90 valence electrons. The van der Waals surface area contributed by atoms with Gasteiger partial charge in [0.25, 0.3) is 0 Å². The number of anilines is 1.